The quantitative estimate of drug-likeness (QED) is 0.0690. The normalized spacial score (nSPS) is 16.3. The minimum Gasteiger partial charge on any atom is -0.378 e. The smallest absolute Gasteiger partial charge is 0.244 e. The van der Waals surface area contributed by atoms with E-state index in [0.717, 1.165) is 132 Å². The van der Waals surface area contributed by atoms with Crippen LogP contribution in [0.4, 0.5) is 45.8 Å². The molecule has 4 aromatic heterocycles. The second-order valence-corrected chi connectivity index (χ2v) is 20.4. The summed E-state index contributed by atoms with van der Waals surface area (Å²) in [7, 11) is 0. The first kappa shape index (κ1) is 55.6. The summed E-state index contributed by atoms with van der Waals surface area (Å²) in [4.78, 5) is 83.0. The SMILES string of the molecule is C=CC(=O)Cl.C=CC(=O)NC1CN(c2ccnc(CC(=O)Nc3ccc(C4=Nc5c(ccnc5N5CCOCC5)C4)cc3)c2)C1.NC1CN(c2ccnc(CC(=O)Nc3ccc(C4=Nc5c(ccnc5N5CCOCC5)C4)cc3)c2)C1. The molecule has 21 heteroatoms. The predicted molar refractivity (Wildman–Crippen MR) is 316 cm³/mol. The molecule has 2 aromatic carbocycles. The molecule has 6 aliphatic heterocycles. The molecular weight excluding hydrogens is 1050 g/mol. The van der Waals surface area contributed by atoms with Crippen LogP contribution < -0.4 is 41.3 Å². The lowest BCUT2D eigenvalue weighted by molar-refractivity contribution is -0.117. The molecule has 81 heavy (non-hydrogen) atoms. The molecule has 0 unspecified atom stereocenters. The van der Waals surface area contributed by atoms with E-state index in [0.29, 0.717) is 45.2 Å². The highest BCUT2D eigenvalue weighted by atomic mass is 35.5. The molecule has 20 nitrogen and oxygen atoms in total. The van der Waals surface area contributed by atoms with E-state index >= 15 is 0 Å². The van der Waals surface area contributed by atoms with Gasteiger partial charge in [-0.15, -0.1) is 0 Å². The third kappa shape index (κ3) is 14.2. The Labute approximate surface area is 474 Å². The van der Waals surface area contributed by atoms with Gasteiger partial charge in [-0.25, -0.2) is 20.0 Å². The molecule has 10 heterocycles. The molecule has 4 saturated heterocycles. The van der Waals surface area contributed by atoms with Gasteiger partial charge in [0.2, 0.25) is 23.0 Å². The fourth-order valence-corrected chi connectivity index (χ4v) is 10.1. The average Bonchev–Trinajstić information content (AvgIpc) is 4.16. The summed E-state index contributed by atoms with van der Waals surface area (Å²) in [5, 5.41) is 8.33. The number of benzene rings is 2. The van der Waals surface area contributed by atoms with Gasteiger partial charge in [0, 0.05) is 119 Å². The van der Waals surface area contributed by atoms with Gasteiger partial charge in [-0.1, -0.05) is 37.4 Å². The van der Waals surface area contributed by atoms with Crippen molar-refractivity contribution in [2.45, 2.75) is 37.8 Å². The number of nitrogens with zero attached hydrogens (tertiary/aromatic N) is 10. The van der Waals surface area contributed by atoms with E-state index in [-0.39, 0.29) is 42.6 Å². The topological polar surface area (TPSA) is 238 Å². The molecule has 0 bridgehead atoms. The summed E-state index contributed by atoms with van der Waals surface area (Å²) in [6.45, 7) is 15.8. The number of anilines is 6. The van der Waals surface area contributed by atoms with Crippen LogP contribution >= 0.6 is 11.6 Å². The molecule has 6 aliphatic rings. The number of fused-ring (bicyclic) bond motifs is 2. The molecule has 0 aliphatic carbocycles. The number of nitrogens with two attached hydrogens (primary N) is 1. The number of pyridine rings is 4. The second kappa shape index (κ2) is 26.1. The van der Waals surface area contributed by atoms with Crippen LogP contribution in [0.2, 0.25) is 0 Å². The van der Waals surface area contributed by atoms with E-state index in [9.17, 15) is 19.2 Å². The number of nitrogens with one attached hydrogen (secondary N) is 3. The Morgan fingerprint density at radius 2 is 1.00 bits per heavy atom. The zero-order chi connectivity index (χ0) is 56.2. The number of amides is 3. The minimum absolute atomic E-state index is 0.0976. The van der Waals surface area contributed by atoms with Crippen molar-refractivity contribution in [3.05, 3.63) is 169 Å². The van der Waals surface area contributed by atoms with Crippen LogP contribution in [0.25, 0.3) is 0 Å². The van der Waals surface area contributed by atoms with Crippen molar-refractivity contribution >= 4 is 91.7 Å². The van der Waals surface area contributed by atoms with Crippen molar-refractivity contribution in [3.8, 4) is 0 Å². The summed E-state index contributed by atoms with van der Waals surface area (Å²) < 4.78 is 11.0. The monoisotopic (exact) mass is 1110 g/mol. The van der Waals surface area contributed by atoms with Crippen molar-refractivity contribution < 1.29 is 28.7 Å². The van der Waals surface area contributed by atoms with Crippen molar-refractivity contribution in [3.63, 3.8) is 0 Å². The number of halogens is 1. The van der Waals surface area contributed by atoms with Gasteiger partial charge < -0.3 is 50.8 Å². The second-order valence-electron chi connectivity index (χ2n) is 20.1. The third-order valence-corrected chi connectivity index (χ3v) is 14.5. The van der Waals surface area contributed by atoms with Crippen LogP contribution in [0.15, 0.2) is 145 Å². The van der Waals surface area contributed by atoms with E-state index in [4.69, 9.17) is 36.8 Å². The van der Waals surface area contributed by atoms with E-state index in [1.165, 1.54) is 17.2 Å². The highest BCUT2D eigenvalue weighted by Crippen LogP contribution is 2.38. The Morgan fingerprint density at radius 3 is 1.41 bits per heavy atom. The molecule has 3 amide bonds. The third-order valence-electron chi connectivity index (χ3n) is 14.3. The number of ether oxygens (including phenoxy) is 2. The largest absolute Gasteiger partial charge is 0.378 e. The predicted octanol–water partition coefficient (Wildman–Crippen LogP) is 5.92. The van der Waals surface area contributed by atoms with Gasteiger partial charge in [0.25, 0.3) is 0 Å². The molecule has 0 radical (unpaired) electrons. The van der Waals surface area contributed by atoms with E-state index in [2.05, 4.69) is 68.6 Å². The number of hydrogen-bond donors (Lipinski definition) is 4. The molecule has 4 fully saturated rings. The standard InChI is InChI=1S/C30H31N7O3.C27H29N7O2.C3H3ClO/c1-2-27(38)34-24-18-37(19-24)25-8-10-31-23(16-25)17-28(39)33-22-5-3-20(4-6-22)26-15-21-7-9-32-30(29(21)35-26)36-11-13-40-14-12-36;28-20-16-34(17-20)23-6-8-29-22(14-23)15-25(35)31-21-3-1-18(2-4-21)24-13-19-5-7-30-27(26(19)32-24)33-9-11-36-12-10-33;1-2-3(4)5/h2-10,16,24H,1,11-15,17-19H2,(H,33,39)(H,34,38);1-8,14,20H,9-13,15-17,28H2,(H,31,35);2H,1H2. The van der Waals surface area contributed by atoms with Gasteiger partial charge in [0.15, 0.2) is 11.6 Å². The number of carbonyl (C=O) groups excluding carboxylic acids is 4. The number of rotatable bonds is 15. The summed E-state index contributed by atoms with van der Waals surface area (Å²) in [5.41, 5.74) is 19.2. The summed E-state index contributed by atoms with van der Waals surface area (Å²) in [6, 6.07) is 27.8. The molecule has 0 saturated carbocycles. The number of aliphatic imine (C=N–C) groups is 2. The van der Waals surface area contributed by atoms with Crippen molar-refractivity contribution in [1.82, 2.24) is 25.3 Å². The molecule has 5 N–H and O–H groups in total. The lowest BCUT2D eigenvalue weighted by atomic mass is 10.0. The maximum Gasteiger partial charge on any atom is 0.244 e. The van der Waals surface area contributed by atoms with E-state index in [1.807, 2.05) is 97.3 Å². The Bertz CT molecular complexity index is 3350. The number of allylic oxidation sites excluding steroid dienone is 1. The first-order valence-electron chi connectivity index (χ1n) is 26.9. The van der Waals surface area contributed by atoms with Gasteiger partial charge in [-0.2, -0.15) is 0 Å². The lowest BCUT2D eigenvalue weighted by Crippen LogP contribution is -2.59. The number of carbonyl (C=O) groups is 4. The first-order valence-corrected chi connectivity index (χ1v) is 27.3. The van der Waals surface area contributed by atoms with Gasteiger partial charge in [0.05, 0.1) is 68.1 Å². The molecule has 416 valence electrons. The Morgan fingerprint density at radius 1 is 0.580 bits per heavy atom. The van der Waals surface area contributed by atoms with Crippen LogP contribution in [-0.4, -0.2) is 145 Å². The average molecular weight is 1110 g/mol. The lowest BCUT2D eigenvalue weighted by Gasteiger charge is -2.41. The summed E-state index contributed by atoms with van der Waals surface area (Å²) in [5.74, 6) is 1.46. The zero-order valence-corrected chi connectivity index (χ0v) is 45.6. The Kier molecular flexibility index (Phi) is 17.9. The summed E-state index contributed by atoms with van der Waals surface area (Å²) in [6.07, 6.45) is 11.4. The minimum atomic E-state index is -0.509. The fraction of sp³-hybridized carbons (Fsp3) is 0.300. The van der Waals surface area contributed by atoms with Crippen molar-refractivity contribution in [2.24, 2.45) is 15.7 Å². The van der Waals surface area contributed by atoms with Gasteiger partial charge in [-0.3, -0.25) is 29.1 Å². The maximum absolute atomic E-state index is 12.8. The van der Waals surface area contributed by atoms with Crippen LogP contribution in [0.1, 0.15) is 33.6 Å². The molecular formula is C60H63ClN14O6. The maximum atomic E-state index is 12.8. The molecule has 12 rings (SSSR count). The van der Waals surface area contributed by atoms with E-state index in [1.54, 1.807) is 12.4 Å². The molecule has 0 atom stereocenters. The van der Waals surface area contributed by atoms with Crippen molar-refractivity contribution in [1.29, 1.82) is 0 Å². The van der Waals surface area contributed by atoms with Gasteiger partial charge in [0.1, 0.15) is 11.4 Å². The number of morpholine rings is 2. The number of hydrogen-bond acceptors (Lipinski definition) is 17. The molecule has 0 spiro atoms. The zero-order valence-electron chi connectivity index (χ0n) is 44.8. The first-order chi connectivity index (χ1) is 39.4. The molecule has 6 aromatic rings. The highest BCUT2D eigenvalue weighted by Gasteiger charge is 2.29. The van der Waals surface area contributed by atoms with Crippen LogP contribution in [0, 0.1) is 0 Å². The Balaban J connectivity index is 0.000000169. The van der Waals surface area contributed by atoms with Crippen LogP contribution in [0.5, 0.6) is 0 Å². The fourth-order valence-electron chi connectivity index (χ4n) is 10.1. The van der Waals surface area contributed by atoms with Crippen molar-refractivity contribution in [2.75, 3.05) is 109 Å². The van der Waals surface area contributed by atoms with Gasteiger partial charge in [-0.05, 0) is 107 Å². The van der Waals surface area contributed by atoms with Crippen LogP contribution in [-0.2, 0) is 54.3 Å². The van der Waals surface area contributed by atoms with Crippen LogP contribution in [0.3, 0.4) is 0 Å². The highest BCUT2D eigenvalue weighted by molar-refractivity contribution is 6.66. The van der Waals surface area contributed by atoms with E-state index < -0.39 is 5.24 Å². The Hall–Kier alpha value is -8.69. The van der Waals surface area contributed by atoms with Gasteiger partial charge >= 0.3 is 0 Å². The number of aromatic nitrogens is 4. The summed E-state index contributed by atoms with van der Waals surface area (Å²) >= 11 is 4.71.